The summed E-state index contributed by atoms with van der Waals surface area (Å²) in [6.45, 7) is 4.93. The third-order valence-electron chi connectivity index (χ3n) is 2.40. The zero-order valence-electron chi connectivity index (χ0n) is 9.39. The highest BCUT2D eigenvalue weighted by molar-refractivity contribution is 7.09. The van der Waals surface area contributed by atoms with Gasteiger partial charge in [-0.25, -0.2) is 9.97 Å². The van der Waals surface area contributed by atoms with Crippen molar-refractivity contribution in [2.24, 2.45) is 0 Å². The van der Waals surface area contributed by atoms with Gasteiger partial charge in [0.2, 0.25) is 0 Å². The number of thiazole rings is 1. The second-order valence-corrected chi connectivity index (χ2v) is 4.51. The van der Waals surface area contributed by atoms with E-state index in [1.54, 1.807) is 11.3 Å². The third-order valence-corrected chi connectivity index (χ3v) is 3.24. The number of nitrogens with one attached hydrogen (secondary N) is 1. The molecule has 0 saturated carbocycles. The van der Waals surface area contributed by atoms with Crippen molar-refractivity contribution < 1.29 is 0 Å². The number of nitrogens with zero attached hydrogens (tertiary/aromatic N) is 3. The van der Waals surface area contributed by atoms with Gasteiger partial charge < -0.3 is 9.88 Å². The Morgan fingerprint density at radius 1 is 1.50 bits per heavy atom. The van der Waals surface area contributed by atoms with Crippen molar-refractivity contribution in [2.45, 2.75) is 26.4 Å². The molecule has 0 fully saturated rings. The predicted molar refractivity (Wildman–Crippen MR) is 65.4 cm³/mol. The van der Waals surface area contributed by atoms with Gasteiger partial charge in [0.15, 0.2) is 0 Å². The molecule has 0 saturated heterocycles. The lowest BCUT2D eigenvalue weighted by atomic mass is 10.4. The molecule has 0 unspecified atom stereocenters. The standard InChI is InChI=1S/C11H16N4S/c1-2-12-7-10-8-13-9-15(10)5-3-11-14-4-6-16-11/h4,6,8-9,12H,2-3,5,7H2,1H3. The van der Waals surface area contributed by atoms with Gasteiger partial charge in [-0.2, -0.15) is 0 Å². The van der Waals surface area contributed by atoms with Crippen LogP contribution in [0.1, 0.15) is 17.6 Å². The molecule has 2 heterocycles. The van der Waals surface area contributed by atoms with Gasteiger partial charge in [0, 0.05) is 37.3 Å². The summed E-state index contributed by atoms with van der Waals surface area (Å²) in [6.07, 6.45) is 6.64. The quantitative estimate of drug-likeness (QED) is 0.830. The van der Waals surface area contributed by atoms with Crippen LogP contribution in [0.2, 0.25) is 0 Å². The van der Waals surface area contributed by atoms with Crippen LogP contribution in [-0.2, 0) is 19.5 Å². The Morgan fingerprint density at radius 2 is 2.44 bits per heavy atom. The molecule has 5 heteroatoms. The van der Waals surface area contributed by atoms with Gasteiger partial charge in [-0.3, -0.25) is 0 Å². The number of aromatic nitrogens is 3. The van der Waals surface area contributed by atoms with E-state index in [1.807, 2.05) is 24.1 Å². The van der Waals surface area contributed by atoms with Gasteiger partial charge in [-0.05, 0) is 6.54 Å². The zero-order chi connectivity index (χ0) is 11.2. The zero-order valence-corrected chi connectivity index (χ0v) is 10.2. The summed E-state index contributed by atoms with van der Waals surface area (Å²) in [4.78, 5) is 8.46. The van der Waals surface area contributed by atoms with E-state index in [-0.39, 0.29) is 0 Å². The summed E-state index contributed by atoms with van der Waals surface area (Å²) in [5.41, 5.74) is 1.23. The van der Waals surface area contributed by atoms with Crippen molar-refractivity contribution in [3.05, 3.63) is 34.8 Å². The van der Waals surface area contributed by atoms with Crippen LogP contribution in [0.25, 0.3) is 0 Å². The minimum atomic E-state index is 0.883. The summed E-state index contributed by atoms with van der Waals surface area (Å²) >= 11 is 1.71. The molecular weight excluding hydrogens is 220 g/mol. The second kappa shape index (κ2) is 5.77. The molecule has 0 radical (unpaired) electrons. The largest absolute Gasteiger partial charge is 0.333 e. The molecule has 0 aromatic carbocycles. The van der Waals surface area contributed by atoms with Crippen LogP contribution in [0.3, 0.4) is 0 Å². The fraction of sp³-hybridized carbons (Fsp3) is 0.455. The molecule has 2 rings (SSSR count). The topological polar surface area (TPSA) is 42.7 Å². The molecule has 1 N–H and O–H groups in total. The van der Waals surface area contributed by atoms with Crippen LogP contribution in [0.15, 0.2) is 24.1 Å². The lowest BCUT2D eigenvalue weighted by Gasteiger charge is -2.07. The number of imidazole rings is 1. The fourth-order valence-electron chi connectivity index (χ4n) is 1.54. The first-order valence-corrected chi connectivity index (χ1v) is 6.36. The fourth-order valence-corrected chi connectivity index (χ4v) is 2.15. The lowest BCUT2D eigenvalue weighted by Crippen LogP contribution is -2.15. The molecule has 4 nitrogen and oxygen atoms in total. The van der Waals surface area contributed by atoms with Crippen LogP contribution in [0.5, 0.6) is 0 Å². The highest BCUT2D eigenvalue weighted by Crippen LogP contribution is 2.07. The van der Waals surface area contributed by atoms with Crippen LogP contribution in [0.4, 0.5) is 0 Å². The Morgan fingerprint density at radius 3 is 3.19 bits per heavy atom. The van der Waals surface area contributed by atoms with E-state index in [9.17, 15) is 0 Å². The molecule has 2 aromatic rings. The van der Waals surface area contributed by atoms with E-state index in [0.717, 1.165) is 26.1 Å². The molecule has 0 atom stereocenters. The van der Waals surface area contributed by atoms with Crippen LogP contribution in [0, 0.1) is 0 Å². The van der Waals surface area contributed by atoms with Gasteiger partial charge in [0.25, 0.3) is 0 Å². The van der Waals surface area contributed by atoms with Crippen LogP contribution < -0.4 is 5.32 Å². The summed E-state index contributed by atoms with van der Waals surface area (Å²) in [5.74, 6) is 0. The molecule has 0 amide bonds. The van der Waals surface area contributed by atoms with E-state index >= 15 is 0 Å². The first kappa shape index (κ1) is 11.3. The number of hydrogen-bond donors (Lipinski definition) is 1. The molecule has 0 aliphatic heterocycles. The summed E-state index contributed by atoms with van der Waals surface area (Å²) in [6, 6.07) is 0. The molecule has 0 aliphatic carbocycles. The minimum Gasteiger partial charge on any atom is -0.333 e. The van der Waals surface area contributed by atoms with E-state index < -0.39 is 0 Å². The molecule has 0 aliphatic rings. The van der Waals surface area contributed by atoms with E-state index in [2.05, 4.69) is 26.8 Å². The first-order valence-electron chi connectivity index (χ1n) is 5.48. The number of aryl methyl sites for hydroxylation is 2. The molecule has 2 aromatic heterocycles. The Labute approximate surface area is 99.4 Å². The minimum absolute atomic E-state index is 0.883. The smallest absolute Gasteiger partial charge is 0.0948 e. The second-order valence-electron chi connectivity index (χ2n) is 3.53. The summed E-state index contributed by atoms with van der Waals surface area (Å²) in [7, 11) is 0. The molecule has 86 valence electrons. The van der Waals surface area contributed by atoms with Gasteiger partial charge in [-0.1, -0.05) is 6.92 Å². The molecule has 0 bridgehead atoms. The van der Waals surface area contributed by atoms with Crippen molar-refractivity contribution in [1.29, 1.82) is 0 Å². The van der Waals surface area contributed by atoms with Gasteiger partial charge in [0.05, 0.1) is 17.0 Å². The first-order chi connectivity index (χ1) is 7.90. The van der Waals surface area contributed by atoms with Gasteiger partial charge >= 0.3 is 0 Å². The Bertz CT molecular complexity index is 407. The normalized spacial score (nSPS) is 10.8. The lowest BCUT2D eigenvalue weighted by molar-refractivity contribution is 0.618. The van der Waals surface area contributed by atoms with E-state index in [0.29, 0.717) is 0 Å². The summed E-state index contributed by atoms with van der Waals surface area (Å²) in [5, 5.41) is 6.51. The molecule has 16 heavy (non-hydrogen) atoms. The maximum Gasteiger partial charge on any atom is 0.0948 e. The molecular formula is C11H16N4S. The van der Waals surface area contributed by atoms with Crippen molar-refractivity contribution in [1.82, 2.24) is 19.9 Å². The van der Waals surface area contributed by atoms with Crippen molar-refractivity contribution in [2.75, 3.05) is 6.54 Å². The highest BCUT2D eigenvalue weighted by atomic mass is 32.1. The SMILES string of the molecule is CCNCc1cncn1CCc1nccs1. The Kier molecular flexibility index (Phi) is 4.07. The Hall–Kier alpha value is -1.20. The van der Waals surface area contributed by atoms with Crippen molar-refractivity contribution in [3.8, 4) is 0 Å². The number of hydrogen-bond acceptors (Lipinski definition) is 4. The Balaban J connectivity index is 1.91. The average Bonchev–Trinajstić information content (AvgIpc) is 2.94. The maximum absolute atomic E-state index is 4.28. The van der Waals surface area contributed by atoms with E-state index in [4.69, 9.17) is 0 Å². The van der Waals surface area contributed by atoms with Gasteiger partial charge in [0.1, 0.15) is 0 Å². The van der Waals surface area contributed by atoms with Crippen molar-refractivity contribution in [3.63, 3.8) is 0 Å². The van der Waals surface area contributed by atoms with Crippen LogP contribution in [-0.4, -0.2) is 21.1 Å². The van der Waals surface area contributed by atoms with Crippen LogP contribution >= 0.6 is 11.3 Å². The number of rotatable bonds is 6. The molecule has 0 spiro atoms. The monoisotopic (exact) mass is 236 g/mol. The maximum atomic E-state index is 4.28. The van der Waals surface area contributed by atoms with Gasteiger partial charge in [-0.15, -0.1) is 11.3 Å². The van der Waals surface area contributed by atoms with E-state index in [1.165, 1.54) is 10.7 Å². The highest BCUT2D eigenvalue weighted by Gasteiger charge is 2.02. The summed E-state index contributed by atoms with van der Waals surface area (Å²) < 4.78 is 2.18. The predicted octanol–water partition coefficient (Wildman–Crippen LogP) is 1.69. The third kappa shape index (κ3) is 2.90. The average molecular weight is 236 g/mol. The van der Waals surface area contributed by atoms with Crippen molar-refractivity contribution >= 4 is 11.3 Å².